The molecule has 0 amide bonds. The summed E-state index contributed by atoms with van der Waals surface area (Å²) in [6, 6.07) is 5.96. The van der Waals surface area contributed by atoms with Crippen LogP contribution < -0.4 is 10.5 Å². The maximum absolute atomic E-state index is 12.2. The first kappa shape index (κ1) is 13.8. The summed E-state index contributed by atoms with van der Waals surface area (Å²) in [5, 5.41) is 0.408. The van der Waals surface area contributed by atoms with Gasteiger partial charge in [0.25, 0.3) is 0 Å². The third-order valence-corrected chi connectivity index (χ3v) is 4.96. The lowest BCUT2D eigenvalue weighted by molar-refractivity contribution is 0.361. The van der Waals surface area contributed by atoms with Crippen LogP contribution in [0.2, 0.25) is 5.02 Å². The van der Waals surface area contributed by atoms with Gasteiger partial charge in [-0.1, -0.05) is 30.5 Å². The summed E-state index contributed by atoms with van der Waals surface area (Å²) >= 11 is 5.81. The summed E-state index contributed by atoms with van der Waals surface area (Å²) in [5.41, 5.74) is 5.94. The van der Waals surface area contributed by atoms with E-state index < -0.39 is 10.0 Å². The van der Waals surface area contributed by atoms with Crippen molar-refractivity contribution in [2.24, 2.45) is 5.73 Å². The van der Waals surface area contributed by atoms with Gasteiger partial charge in [-0.15, -0.1) is 0 Å². The SMILES string of the molecule is NC1CCCCC1NS(=O)(=O)c1cccc(Cl)c1. The molecule has 0 heterocycles. The number of benzene rings is 1. The number of hydrogen-bond acceptors (Lipinski definition) is 3. The molecule has 0 spiro atoms. The zero-order chi connectivity index (χ0) is 13.2. The lowest BCUT2D eigenvalue weighted by Crippen LogP contribution is -2.49. The first-order valence-corrected chi connectivity index (χ1v) is 7.88. The van der Waals surface area contributed by atoms with Crippen molar-refractivity contribution in [3.8, 4) is 0 Å². The average Bonchev–Trinajstić information content (AvgIpc) is 2.32. The second-order valence-corrected chi connectivity index (χ2v) is 6.78. The van der Waals surface area contributed by atoms with E-state index in [-0.39, 0.29) is 17.0 Å². The van der Waals surface area contributed by atoms with Crippen LogP contribution in [0.25, 0.3) is 0 Å². The number of nitrogens with one attached hydrogen (secondary N) is 1. The molecule has 6 heteroatoms. The Balaban J connectivity index is 2.16. The third kappa shape index (κ3) is 3.23. The Kier molecular flexibility index (Phi) is 4.27. The molecule has 0 aromatic heterocycles. The van der Waals surface area contributed by atoms with Crippen LogP contribution in [0.1, 0.15) is 25.7 Å². The fraction of sp³-hybridized carbons (Fsp3) is 0.500. The standard InChI is InChI=1S/C12H17ClN2O2S/c13-9-4-3-5-10(8-9)18(16,17)15-12-7-2-1-6-11(12)14/h3-5,8,11-12,15H,1-2,6-7,14H2. The van der Waals surface area contributed by atoms with Crippen molar-refractivity contribution in [2.75, 3.05) is 0 Å². The van der Waals surface area contributed by atoms with Gasteiger partial charge in [-0.25, -0.2) is 13.1 Å². The van der Waals surface area contributed by atoms with Gasteiger partial charge in [-0.2, -0.15) is 0 Å². The zero-order valence-corrected chi connectivity index (χ0v) is 11.5. The second kappa shape index (κ2) is 5.57. The summed E-state index contributed by atoms with van der Waals surface area (Å²) in [4.78, 5) is 0.188. The molecule has 1 aromatic rings. The Morgan fingerprint density at radius 1 is 1.28 bits per heavy atom. The topological polar surface area (TPSA) is 72.2 Å². The first-order valence-electron chi connectivity index (χ1n) is 6.02. The quantitative estimate of drug-likeness (QED) is 0.892. The predicted octanol–water partition coefficient (Wildman–Crippen LogP) is 1.89. The van der Waals surface area contributed by atoms with Gasteiger partial charge in [0.15, 0.2) is 0 Å². The largest absolute Gasteiger partial charge is 0.326 e. The molecule has 18 heavy (non-hydrogen) atoms. The van der Waals surface area contributed by atoms with Crippen LogP contribution in [0.3, 0.4) is 0 Å². The molecule has 100 valence electrons. The van der Waals surface area contributed by atoms with E-state index >= 15 is 0 Å². The monoisotopic (exact) mass is 288 g/mol. The van der Waals surface area contributed by atoms with E-state index in [0.29, 0.717) is 5.02 Å². The molecular weight excluding hydrogens is 272 g/mol. The summed E-state index contributed by atoms with van der Waals surface area (Å²) in [5.74, 6) is 0. The second-order valence-electron chi connectivity index (χ2n) is 4.63. The van der Waals surface area contributed by atoms with Gasteiger partial charge in [0.2, 0.25) is 10.0 Å². The highest BCUT2D eigenvalue weighted by atomic mass is 35.5. The Labute approximate surface area is 113 Å². The molecule has 2 rings (SSSR count). The first-order chi connectivity index (χ1) is 8.49. The van der Waals surface area contributed by atoms with Crippen LogP contribution in [0.5, 0.6) is 0 Å². The molecule has 1 aromatic carbocycles. The summed E-state index contributed by atoms with van der Waals surface area (Å²) < 4.78 is 27.0. The van der Waals surface area contributed by atoms with Crippen molar-refractivity contribution in [2.45, 2.75) is 42.7 Å². The molecule has 3 N–H and O–H groups in total. The van der Waals surface area contributed by atoms with E-state index in [1.807, 2.05) is 0 Å². The maximum Gasteiger partial charge on any atom is 0.240 e. The van der Waals surface area contributed by atoms with Gasteiger partial charge in [-0.3, -0.25) is 0 Å². The number of rotatable bonds is 3. The van der Waals surface area contributed by atoms with Gasteiger partial charge >= 0.3 is 0 Å². The van der Waals surface area contributed by atoms with Crippen LogP contribution in [0, 0.1) is 0 Å². The molecule has 2 atom stereocenters. The Morgan fingerprint density at radius 2 is 2.00 bits per heavy atom. The smallest absolute Gasteiger partial charge is 0.240 e. The van der Waals surface area contributed by atoms with Crippen molar-refractivity contribution >= 4 is 21.6 Å². The van der Waals surface area contributed by atoms with E-state index in [9.17, 15) is 8.42 Å². The summed E-state index contributed by atoms with van der Waals surface area (Å²) in [6.07, 6.45) is 3.73. The van der Waals surface area contributed by atoms with Gasteiger partial charge < -0.3 is 5.73 Å². The molecule has 1 aliphatic carbocycles. The minimum atomic E-state index is -3.53. The van der Waals surface area contributed by atoms with Crippen LogP contribution in [-0.2, 0) is 10.0 Å². The van der Waals surface area contributed by atoms with Crippen LogP contribution >= 0.6 is 11.6 Å². The lowest BCUT2D eigenvalue weighted by atomic mass is 9.92. The van der Waals surface area contributed by atoms with E-state index in [4.69, 9.17) is 17.3 Å². The summed E-state index contributed by atoms with van der Waals surface area (Å²) in [6.45, 7) is 0. The molecule has 1 aliphatic rings. The van der Waals surface area contributed by atoms with Gasteiger partial charge in [0, 0.05) is 17.1 Å². The summed E-state index contributed by atoms with van der Waals surface area (Å²) in [7, 11) is -3.53. The molecule has 0 saturated heterocycles. The average molecular weight is 289 g/mol. The molecule has 0 bridgehead atoms. The number of hydrogen-bond donors (Lipinski definition) is 2. The molecule has 4 nitrogen and oxygen atoms in total. The molecule has 0 radical (unpaired) electrons. The molecule has 1 saturated carbocycles. The van der Waals surface area contributed by atoms with Gasteiger partial charge in [0.05, 0.1) is 4.90 Å². The fourth-order valence-electron chi connectivity index (χ4n) is 2.21. The normalized spacial score (nSPS) is 25.0. The number of sulfonamides is 1. The van der Waals surface area contributed by atoms with Crippen molar-refractivity contribution in [3.05, 3.63) is 29.3 Å². The van der Waals surface area contributed by atoms with Crippen LogP contribution in [0.4, 0.5) is 0 Å². The maximum atomic E-state index is 12.2. The van der Waals surface area contributed by atoms with Crippen molar-refractivity contribution in [1.82, 2.24) is 4.72 Å². The van der Waals surface area contributed by atoms with Crippen molar-refractivity contribution < 1.29 is 8.42 Å². The molecular formula is C12H17ClN2O2S. The lowest BCUT2D eigenvalue weighted by Gasteiger charge is -2.29. The van der Waals surface area contributed by atoms with E-state index in [1.54, 1.807) is 12.1 Å². The Morgan fingerprint density at radius 3 is 2.67 bits per heavy atom. The van der Waals surface area contributed by atoms with Crippen LogP contribution in [-0.4, -0.2) is 20.5 Å². The van der Waals surface area contributed by atoms with Crippen LogP contribution in [0.15, 0.2) is 29.2 Å². The van der Waals surface area contributed by atoms with Gasteiger partial charge in [-0.05, 0) is 31.0 Å². The highest BCUT2D eigenvalue weighted by Crippen LogP contribution is 2.20. The van der Waals surface area contributed by atoms with E-state index in [2.05, 4.69) is 4.72 Å². The Bertz CT molecular complexity index is 519. The molecule has 1 fully saturated rings. The molecule has 2 unspecified atom stereocenters. The number of nitrogens with two attached hydrogens (primary N) is 1. The van der Waals surface area contributed by atoms with E-state index in [1.165, 1.54) is 12.1 Å². The number of halogens is 1. The third-order valence-electron chi connectivity index (χ3n) is 3.23. The zero-order valence-electron chi connectivity index (χ0n) is 9.97. The Hall–Kier alpha value is -0.620. The van der Waals surface area contributed by atoms with Gasteiger partial charge in [0.1, 0.15) is 0 Å². The van der Waals surface area contributed by atoms with Crippen molar-refractivity contribution in [3.63, 3.8) is 0 Å². The fourth-order valence-corrected chi connectivity index (χ4v) is 3.83. The highest BCUT2D eigenvalue weighted by Gasteiger charge is 2.27. The van der Waals surface area contributed by atoms with E-state index in [0.717, 1.165) is 25.7 Å². The van der Waals surface area contributed by atoms with Crippen molar-refractivity contribution in [1.29, 1.82) is 0 Å². The minimum Gasteiger partial charge on any atom is -0.326 e. The minimum absolute atomic E-state index is 0.104. The molecule has 0 aliphatic heterocycles. The highest BCUT2D eigenvalue weighted by molar-refractivity contribution is 7.89. The predicted molar refractivity (Wildman–Crippen MR) is 72.0 cm³/mol.